The summed E-state index contributed by atoms with van der Waals surface area (Å²) in [7, 11) is 0. The summed E-state index contributed by atoms with van der Waals surface area (Å²) in [4.78, 5) is 24.0. The van der Waals surface area contributed by atoms with Crippen LogP contribution in [-0.2, 0) is 0 Å². The van der Waals surface area contributed by atoms with Gasteiger partial charge in [0.25, 0.3) is 11.4 Å². The monoisotopic (exact) mass is 364 g/mol. The highest BCUT2D eigenvalue weighted by Crippen LogP contribution is 2.30. The molecule has 0 aromatic heterocycles. The number of hydrogen-bond acceptors (Lipinski definition) is 6. The van der Waals surface area contributed by atoms with E-state index in [9.17, 15) is 25.3 Å². The van der Waals surface area contributed by atoms with Crippen molar-refractivity contribution in [3.05, 3.63) is 66.7 Å². The normalized spacial score (nSPS) is 10.8. The molecule has 0 radical (unpaired) electrons. The number of aliphatic imine (C=N–C) groups is 1. The number of nitrogens with zero attached hydrogens (tertiary/aromatic N) is 3. The number of rotatable bonds is 4. The lowest BCUT2D eigenvalue weighted by molar-refractivity contribution is -0.398. The molecule has 0 heterocycles. The molecule has 0 aliphatic carbocycles. The van der Waals surface area contributed by atoms with E-state index in [1.54, 1.807) is 0 Å². The molecule has 0 spiro atoms. The van der Waals surface area contributed by atoms with Crippen LogP contribution >= 0.6 is 15.9 Å². The van der Waals surface area contributed by atoms with Gasteiger partial charge in [-0.2, -0.15) is 0 Å². The fourth-order valence-electron chi connectivity index (χ4n) is 1.64. The van der Waals surface area contributed by atoms with E-state index in [1.165, 1.54) is 36.5 Å². The second-order valence-corrected chi connectivity index (χ2v) is 5.05. The minimum absolute atomic E-state index is 0.0411. The molecule has 2 rings (SSSR count). The van der Waals surface area contributed by atoms with Gasteiger partial charge in [0.15, 0.2) is 0 Å². The number of halogens is 1. The standard InChI is InChI=1S/C13H8BrN3O5/c14-9-5-8(13(18)12(6-9)17(21)22)7-15-10-1-3-11(4-2-10)16(19)20/h1-7,18H/p-1. The molecule has 0 atom stereocenters. The Hall–Kier alpha value is -2.81. The number of hydrogen-bond donors (Lipinski definition) is 0. The van der Waals surface area contributed by atoms with Crippen molar-refractivity contribution < 1.29 is 15.0 Å². The summed E-state index contributed by atoms with van der Waals surface area (Å²) in [5, 5.41) is 33.2. The zero-order valence-electron chi connectivity index (χ0n) is 10.8. The highest BCUT2D eigenvalue weighted by atomic mass is 79.9. The summed E-state index contributed by atoms with van der Waals surface area (Å²) in [5.74, 6) is -0.751. The Balaban J connectivity index is 2.34. The maximum absolute atomic E-state index is 11.9. The average molecular weight is 365 g/mol. The van der Waals surface area contributed by atoms with Crippen LogP contribution in [0.5, 0.6) is 5.75 Å². The first kappa shape index (κ1) is 15.6. The van der Waals surface area contributed by atoms with Crippen molar-refractivity contribution in [3.63, 3.8) is 0 Å². The maximum atomic E-state index is 11.9. The third kappa shape index (κ3) is 3.44. The van der Waals surface area contributed by atoms with Gasteiger partial charge in [0, 0.05) is 28.9 Å². The lowest BCUT2D eigenvalue weighted by atomic mass is 10.2. The summed E-state index contributed by atoms with van der Waals surface area (Å²) >= 11 is 3.09. The number of benzene rings is 2. The van der Waals surface area contributed by atoms with Crippen LogP contribution in [0, 0.1) is 20.2 Å². The molecule has 0 saturated carbocycles. The first-order valence-electron chi connectivity index (χ1n) is 5.82. The summed E-state index contributed by atoms with van der Waals surface area (Å²) in [5.41, 5.74) is -0.215. The Morgan fingerprint density at radius 3 is 2.23 bits per heavy atom. The largest absolute Gasteiger partial charge is 0.867 e. The van der Waals surface area contributed by atoms with Crippen LogP contribution in [0.25, 0.3) is 0 Å². The van der Waals surface area contributed by atoms with Crippen molar-refractivity contribution in [2.45, 2.75) is 0 Å². The minimum atomic E-state index is -0.768. The second-order valence-electron chi connectivity index (χ2n) is 4.13. The molecule has 0 fully saturated rings. The van der Waals surface area contributed by atoms with Gasteiger partial charge in [0.05, 0.1) is 15.5 Å². The van der Waals surface area contributed by atoms with Gasteiger partial charge in [-0.15, -0.1) is 0 Å². The Labute approximate surface area is 132 Å². The highest BCUT2D eigenvalue weighted by Gasteiger charge is 2.11. The topological polar surface area (TPSA) is 122 Å². The quantitative estimate of drug-likeness (QED) is 0.468. The molecule has 0 saturated heterocycles. The number of nitro benzene ring substituents is 2. The summed E-state index contributed by atoms with van der Waals surface area (Å²) in [6.07, 6.45) is 1.18. The van der Waals surface area contributed by atoms with Gasteiger partial charge in [-0.05, 0) is 29.5 Å². The molecule has 2 aromatic rings. The molecule has 0 unspecified atom stereocenters. The number of non-ortho nitro benzene ring substituents is 1. The summed E-state index contributed by atoms with van der Waals surface area (Å²) in [6.45, 7) is 0. The number of nitro groups is 2. The van der Waals surface area contributed by atoms with Gasteiger partial charge < -0.3 is 5.11 Å². The van der Waals surface area contributed by atoms with E-state index >= 15 is 0 Å². The summed E-state index contributed by atoms with van der Waals surface area (Å²) < 4.78 is 0.379. The maximum Gasteiger partial charge on any atom is 0.269 e. The first-order valence-corrected chi connectivity index (χ1v) is 6.61. The van der Waals surface area contributed by atoms with Gasteiger partial charge in [-0.1, -0.05) is 15.9 Å². The van der Waals surface area contributed by atoms with Crippen molar-refractivity contribution in [3.8, 4) is 5.75 Å². The second kappa shape index (κ2) is 6.31. The zero-order valence-corrected chi connectivity index (χ0v) is 12.4. The van der Waals surface area contributed by atoms with Crippen LogP contribution in [0.15, 0.2) is 45.9 Å². The van der Waals surface area contributed by atoms with E-state index < -0.39 is 21.3 Å². The third-order valence-electron chi connectivity index (χ3n) is 2.67. The van der Waals surface area contributed by atoms with E-state index in [0.29, 0.717) is 10.2 Å². The van der Waals surface area contributed by atoms with Crippen LogP contribution in [-0.4, -0.2) is 16.1 Å². The highest BCUT2D eigenvalue weighted by molar-refractivity contribution is 9.10. The van der Waals surface area contributed by atoms with Crippen LogP contribution in [0.1, 0.15) is 5.56 Å². The molecule has 0 bridgehead atoms. The fourth-order valence-corrected chi connectivity index (χ4v) is 2.10. The molecular formula is C13H7BrN3O5-. The summed E-state index contributed by atoms with van der Waals surface area (Å²) in [6, 6.07) is 7.88. The first-order chi connectivity index (χ1) is 10.4. The third-order valence-corrected chi connectivity index (χ3v) is 3.13. The molecule has 112 valence electrons. The molecule has 0 aliphatic rings. The van der Waals surface area contributed by atoms with E-state index in [-0.39, 0.29) is 11.3 Å². The van der Waals surface area contributed by atoms with Crippen LogP contribution in [0.3, 0.4) is 0 Å². The van der Waals surface area contributed by atoms with E-state index in [4.69, 9.17) is 0 Å². The van der Waals surface area contributed by atoms with Gasteiger partial charge in [0.2, 0.25) is 0 Å². The molecule has 0 aliphatic heterocycles. The van der Waals surface area contributed by atoms with Crippen LogP contribution in [0.2, 0.25) is 0 Å². The predicted octanol–water partition coefficient (Wildman–Crippen LogP) is 3.09. The van der Waals surface area contributed by atoms with Gasteiger partial charge in [-0.3, -0.25) is 25.2 Å². The minimum Gasteiger partial charge on any atom is -0.867 e. The van der Waals surface area contributed by atoms with Crippen molar-refractivity contribution in [1.82, 2.24) is 0 Å². The smallest absolute Gasteiger partial charge is 0.269 e. The molecule has 8 nitrogen and oxygen atoms in total. The zero-order chi connectivity index (χ0) is 16.3. The van der Waals surface area contributed by atoms with E-state index in [0.717, 1.165) is 6.07 Å². The Kier molecular flexibility index (Phi) is 4.47. The van der Waals surface area contributed by atoms with Crippen molar-refractivity contribution in [2.24, 2.45) is 4.99 Å². The molecule has 22 heavy (non-hydrogen) atoms. The van der Waals surface area contributed by atoms with Crippen molar-refractivity contribution >= 4 is 39.2 Å². The van der Waals surface area contributed by atoms with Crippen molar-refractivity contribution in [1.29, 1.82) is 0 Å². The average Bonchev–Trinajstić information content (AvgIpc) is 2.47. The van der Waals surface area contributed by atoms with Crippen LogP contribution in [0.4, 0.5) is 17.1 Å². The van der Waals surface area contributed by atoms with Crippen molar-refractivity contribution in [2.75, 3.05) is 0 Å². The molecule has 0 N–H and O–H groups in total. The lowest BCUT2D eigenvalue weighted by Crippen LogP contribution is -2.02. The van der Waals surface area contributed by atoms with Gasteiger partial charge >= 0.3 is 0 Å². The predicted molar refractivity (Wildman–Crippen MR) is 80.6 cm³/mol. The van der Waals surface area contributed by atoms with Gasteiger partial charge in [0.1, 0.15) is 0 Å². The Morgan fingerprint density at radius 1 is 1.05 bits per heavy atom. The molecule has 9 heteroatoms. The lowest BCUT2D eigenvalue weighted by Gasteiger charge is -2.10. The van der Waals surface area contributed by atoms with E-state index in [2.05, 4.69) is 20.9 Å². The molecule has 0 amide bonds. The SMILES string of the molecule is O=[N+]([O-])c1ccc(N=Cc2cc(Br)cc([N+](=O)[O-])c2[O-])cc1. The fraction of sp³-hybridized carbons (Fsp3) is 0. The Morgan fingerprint density at radius 2 is 1.68 bits per heavy atom. The van der Waals surface area contributed by atoms with E-state index in [1.807, 2.05) is 0 Å². The molecular weight excluding hydrogens is 358 g/mol. The molecule has 2 aromatic carbocycles. The Bertz CT molecular complexity index is 774. The van der Waals surface area contributed by atoms with Gasteiger partial charge in [-0.25, -0.2) is 0 Å². The van der Waals surface area contributed by atoms with Crippen LogP contribution < -0.4 is 5.11 Å².